The highest BCUT2D eigenvalue weighted by Crippen LogP contribution is 2.35. The molecule has 0 saturated carbocycles. The molecule has 1 aromatic carbocycles. The van der Waals surface area contributed by atoms with Gasteiger partial charge in [0.05, 0.1) is 4.70 Å². The zero-order chi connectivity index (χ0) is 26.7. The third-order valence-corrected chi connectivity index (χ3v) is 6.22. The Morgan fingerprint density at radius 1 is 0.972 bits per heavy atom. The molecule has 0 bridgehead atoms. The van der Waals surface area contributed by atoms with E-state index in [0.717, 1.165) is 25.2 Å². The van der Waals surface area contributed by atoms with Gasteiger partial charge in [0.1, 0.15) is 24.5 Å². The predicted molar refractivity (Wildman–Crippen MR) is 124 cm³/mol. The Balaban J connectivity index is 2.07. The normalized spacial score (nSPS) is 23.6. The number of amides is 1. The molecule has 2 aromatic rings. The number of rotatable bonds is 7. The molecule has 1 saturated heterocycles. The first kappa shape index (κ1) is 27.1. The molecule has 1 N–H and O–H groups in total. The molecule has 1 aliphatic rings. The first-order valence-electron chi connectivity index (χ1n) is 11.0. The van der Waals surface area contributed by atoms with E-state index in [1.807, 2.05) is 0 Å². The van der Waals surface area contributed by atoms with Gasteiger partial charge in [-0.2, -0.15) is 0 Å². The minimum absolute atomic E-state index is 0.316. The van der Waals surface area contributed by atoms with Crippen LogP contribution in [0.2, 0.25) is 0 Å². The van der Waals surface area contributed by atoms with Crippen molar-refractivity contribution in [3.63, 3.8) is 0 Å². The zero-order valence-corrected chi connectivity index (χ0v) is 21.4. The van der Waals surface area contributed by atoms with E-state index >= 15 is 0 Å². The third kappa shape index (κ3) is 6.21. The van der Waals surface area contributed by atoms with E-state index in [-0.39, 0.29) is 6.61 Å². The molecule has 3 rings (SSSR count). The standard InChI is InChI=1S/C23H27NO11S/c1-9-10(2)19-17(36-23(29)35-19)7-15(9)33-22-18(24-11(3)25)21(32-14(6)28)20(31-13(5)27)16(34-22)8-30-12(4)26/h7,16,18,20-22H,8H2,1-6H3,(H,24,25)/t16-,18+,20+,21-,22+/m0/s1. The van der Waals surface area contributed by atoms with Gasteiger partial charge in [-0.05, 0) is 25.0 Å². The van der Waals surface area contributed by atoms with Crippen molar-refractivity contribution >= 4 is 45.4 Å². The van der Waals surface area contributed by atoms with Crippen LogP contribution in [-0.2, 0) is 38.1 Å². The molecule has 196 valence electrons. The van der Waals surface area contributed by atoms with Gasteiger partial charge >= 0.3 is 22.8 Å². The van der Waals surface area contributed by atoms with Crippen LogP contribution < -0.4 is 15.0 Å². The van der Waals surface area contributed by atoms with Gasteiger partial charge in [-0.3, -0.25) is 19.2 Å². The van der Waals surface area contributed by atoms with Crippen LogP contribution >= 0.6 is 11.3 Å². The monoisotopic (exact) mass is 525 g/mol. The summed E-state index contributed by atoms with van der Waals surface area (Å²) in [5.41, 5.74) is 1.73. The Morgan fingerprint density at radius 3 is 2.19 bits per heavy atom. The second kappa shape index (κ2) is 11.1. The highest BCUT2D eigenvalue weighted by Gasteiger charge is 2.52. The number of carbonyl (C=O) groups excluding carboxylic acids is 4. The smallest absolute Gasteiger partial charge is 0.396 e. The number of aryl methyl sites for hydroxylation is 1. The topological polar surface area (TPSA) is 157 Å². The summed E-state index contributed by atoms with van der Waals surface area (Å²) in [5.74, 6) is -2.21. The van der Waals surface area contributed by atoms with E-state index in [2.05, 4.69) is 5.32 Å². The average molecular weight is 526 g/mol. The molecule has 36 heavy (non-hydrogen) atoms. The highest BCUT2D eigenvalue weighted by molar-refractivity contribution is 7.16. The van der Waals surface area contributed by atoms with Crippen molar-refractivity contribution in [2.75, 3.05) is 6.61 Å². The van der Waals surface area contributed by atoms with E-state index in [4.69, 9.17) is 28.1 Å². The Kier molecular flexibility index (Phi) is 8.35. The number of carbonyl (C=O) groups is 4. The van der Waals surface area contributed by atoms with Gasteiger partial charge in [-0.25, -0.2) is 4.79 Å². The van der Waals surface area contributed by atoms with Crippen LogP contribution in [0.3, 0.4) is 0 Å². The van der Waals surface area contributed by atoms with Crippen LogP contribution in [0.4, 0.5) is 0 Å². The average Bonchev–Trinajstić information content (AvgIpc) is 3.13. The lowest BCUT2D eigenvalue weighted by atomic mass is 9.96. The first-order chi connectivity index (χ1) is 16.9. The molecule has 0 radical (unpaired) electrons. The Labute approximate surface area is 209 Å². The van der Waals surface area contributed by atoms with Gasteiger partial charge in [0.25, 0.3) is 0 Å². The molecule has 1 aliphatic heterocycles. The summed E-state index contributed by atoms with van der Waals surface area (Å²) in [6.07, 6.45) is -4.85. The molecule has 13 heteroatoms. The van der Waals surface area contributed by atoms with Crippen molar-refractivity contribution < 1.29 is 47.3 Å². The van der Waals surface area contributed by atoms with E-state index < -0.39 is 59.4 Å². The van der Waals surface area contributed by atoms with Crippen LogP contribution in [0.5, 0.6) is 5.75 Å². The van der Waals surface area contributed by atoms with Crippen molar-refractivity contribution in [1.82, 2.24) is 5.32 Å². The molecule has 1 amide bonds. The fourth-order valence-electron chi connectivity index (χ4n) is 3.87. The van der Waals surface area contributed by atoms with Gasteiger partial charge in [0.15, 0.2) is 17.8 Å². The fourth-order valence-corrected chi connectivity index (χ4v) is 4.63. The van der Waals surface area contributed by atoms with E-state index in [1.54, 1.807) is 19.9 Å². The quantitative estimate of drug-likeness (QED) is 0.413. The first-order valence-corrected chi connectivity index (χ1v) is 11.8. The summed E-state index contributed by atoms with van der Waals surface area (Å²) in [7, 11) is 0. The molecule has 2 heterocycles. The largest absolute Gasteiger partial charge is 0.463 e. The molecule has 0 unspecified atom stereocenters. The highest BCUT2D eigenvalue weighted by atomic mass is 32.1. The predicted octanol–water partition coefficient (Wildman–Crippen LogP) is 1.51. The lowest BCUT2D eigenvalue weighted by molar-refractivity contribution is -0.257. The number of fused-ring (bicyclic) bond motifs is 1. The summed E-state index contributed by atoms with van der Waals surface area (Å²) in [6, 6.07) is 0.476. The van der Waals surface area contributed by atoms with Gasteiger partial charge in [0.2, 0.25) is 12.2 Å². The SMILES string of the molecule is CC(=O)N[C@H]1[C@H](Oc2cc3sc(=O)oc3c(C)c2C)O[C@@H](COC(C)=O)[C@@H](OC(C)=O)[C@H]1OC(C)=O. The van der Waals surface area contributed by atoms with Crippen molar-refractivity contribution in [3.8, 4) is 5.75 Å². The number of benzene rings is 1. The number of esters is 3. The minimum Gasteiger partial charge on any atom is -0.463 e. The number of ether oxygens (including phenoxy) is 5. The molecular formula is C23H27NO11S. The third-order valence-electron chi connectivity index (χ3n) is 5.45. The Hall–Kier alpha value is -3.45. The molecule has 1 aromatic heterocycles. The van der Waals surface area contributed by atoms with Crippen LogP contribution in [0.15, 0.2) is 15.3 Å². The van der Waals surface area contributed by atoms with Crippen LogP contribution in [0.25, 0.3) is 10.3 Å². The van der Waals surface area contributed by atoms with Crippen molar-refractivity contribution in [2.45, 2.75) is 72.2 Å². The Morgan fingerprint density at radius 2 is 1.61 bits per heavy atom. The molecule has 5 atom stereocenters. The second-order valence-corrected chi connectivity index (χ2v) is 9.22. The van der Waals surface area contributed by atoms with Gasteiger partial charge in [-0.1, -0.05) is 11.3 Å². The Bertz CT molecular complexity index is 1230. The second-order valence-electron chi connectivity index (χ2n) is 8.24. The van der Waals surface area contributed by atoms with Gasteiger partial charge in [-0.15, -0.1) is 0 Å². The van der Waals surface area contributed by atoms with E-state index in [1.165, 1.54) is 13.8 Å². The van der Waals surface area contributed by atoms with Gasteiger partial charge < -0.3 is 33.4 Å². The number of nitrogens with one attached hydrogen (secondary N) is 1. The van der Waals surface area contributed by atoms with E-state index in [9.17, 15) is 24.0 Å². The minimum atomic E-state index is -1.27. The van der Waals surface area contributed by atoms with Crippen molar-refractivity contribution in [2.24, 2.45) is 0 Å². The maximum atomic E-state index is 12.1. The summed E-state index contributed by atoms with van der Waals surface area (Å²) >= 11 is 0.894. The molecule has 12 nitrogen and oxygen atoms in total. The molecule has 0 aliphatic carbocycles. The molecule has 0 spiro atoms. The molecular weight excluding hydrogens is 498 g/mol. The van der Waals surface area contributed by atoms with Crippen LogP contribution in [-0.4, -0.2) is 61.1 Å². The van der Waals surface area contributed by atoms with Crippen LogP contribution in [0, 0.1) is 13.8 Å². The maximum absolute atomic E-state index is 12.1. The summed E-state index contributed by atoms with van der Waals surface area (Å²) < 4.78 is 33.9. The molecule has 1 fully saturated rings. The number of hydrogen-bond donors (Lipinski definition) is 1. The van der Waals surface area contributed by atoms with Crippen LogP contribution in [0.1, 0.15) is 38.8 Å². The maximum Gasteiger partial charge on any atom is 0.396 e. The summed E-state index contributed by atoms with van der Waals surface area (Å²) in [6.45, 7) is 7.91. The van der Waals surface area contributed by atoms with Crippen molar-refractivity contribution in [3.05, 3.63) is 26.9 Å². The summed E-state index contributed by atoms with van der Waals surface area (Å²) in [5, 5.41) is 2.64. The van der Waals surface area contributed by atoms with Crippen molar-refractivity contribution in [1.29, 1.82) is 0 Å². The fraction of sp³-hybridized carbons (Fsp3) is 0.522. The van der Waals surface area contributed by atoms with Gasteiger partial charge in [0, 0.05) is 33.8 Å². The lowest BCUT2D eigenvalue weighted by Gasteiger charge is -2.44. The lowest BCUT2D eigenvalue weighted by Crippen LogP contribution is -2.67. The number of hydrogen-bond acceptors (Lipinski definition) is 12. The zero-order valence-electron chi connectivity index (χ0n) is 20.6. The van der Waals surface area contributed by atoms with E-state index in [0.29, 0.717) is 27.2 Å². The summed E-state index contributed by atoms with van der Waals surface area (Å²) in [4.78, 5) is 58.7.